The molecule has 1 aromatic rings. The summed E-state index contributed by atoms with van der Waals surface area (Å²) in [5, 5.41) is -0.0388. The molecule has 136 valence electrons. The number of rotatable bonds is 3. The zero-order valence-corrected chi connectivity index (χ0v) is 14.8. The Bertz CT molecular complexity index is 820. The molecule has 0 unspecified atom stereocenters. The molecule has 3 aliphatic rings. The molecule has 10 heteroatoms. The van der Waals surface area contributed by atoms with Gasteiger partial charge in [-0.05, 0) is 25.7 Å². The molecular formula is C15H21N5O4S. The summed E-state index contributed by atoms with van der Waals surface area (Å²) in [4.78, 5) is 32.5. The second-order valence-corrected chi connectivity index (χ2v) is 8.62. The van der Waals surface area contributed by atoms with Crippen molar-refractivity contribution in [3.05, 3.63) is 12.5 Å². The van der Waals surface area contributed by atoms with E-state index in [4.69, 9.17) is 0 Å². The third kappa shape index (κ3) is 2.73. The van der Waals surface area contributed by atoms with Gasteiger partial charge in [0.15, 0.2) is 5.03 Å². The standard InChI is InChI=1S/C15H21N5O4S/c1-18-8-13(16-9-18)25(23,24)17-10-4-6-20-12(7-10)15(22)19-5-2-3-11(19)14(20)21/h8-12,17H,2-7H2,1H3/t10-,11-,12+/m1/s1. The maximum Gasteiger partial charge on any atom is 0.259 e. The number of hydrogen-bond acceptors (Lipinski definition) is 5. The highest BCUT2D eigenvalue weighted by atomic mass is 32.2. The summed E-state index contributed by atoms with van der Waals surface area (Å²) in [6.07, 6.45) is 5.23. The van der Waals surface area contributed by atoms with Crippen LogP contribution in [0.25, 0.3) is 0 Å². The minimum Gasteiger partial charge on any atom is -0.339 e. The Kier molecular flexibility index (Phi) is 3.84. The predicted molar refractivity (Wildman–Crippen MR) is 86.8 cm³/mol. The van der Waals surface area contributed by atoms with Gasteiger partial charge in [-0.3, -0.25) is 9.59 Å². The van der Waals surface area contributed by atoms with E-state index in [1.165, 1.54) is 12.5 Å². The zero-order valence-electron chi connectivity index (χ0n) is 14.0. The molecule has 4 rings (SSSR count). The molecule has 0 aliphatic carbocycles. The number of aromatic nitrogens is 2. The predicted octanol–water partition coefficient (Wildman–Crippen LogP) is -0.937. The summed E-state index contributed by atoms with van der Waals surface area (Å²) in [7, 11) is -2.04. The van der Waals surface area contributed by atoms with Crippen LogP contribution in [0.5, 0.6) is 0 Å². The number of nitrogens with one attached hydrogen (secondary N) is 1. The van der Waals surface area contributed by atoms with Gasteiger partial charge in [-0.25, -0.2) is 18.1 Å². The van der Waals surface area contributed by atoms with Gasteiger partial charge < -0.3 is 14.4 Å². The number of imidazole rings is 1. The van der Waals surface area contributed by atoms with Gasteiger partial charge in [0.05, 0.1) is 6.33 Å². The molecule has 4 heterocycles. The third-order valence-corrected chi connectivity index (χ3v) is 6.67. The van der Waals surface area contributed by atoms with E-state index in [0.29, 0.717) is 25.9 Å². The molecule has 3 aliphatic heterocycles. The molecule has 0 bridgehead atoms. The number of aryl methyl sites for hydroxylation is 1. The number of nitrogens with zero attached hydrogens (tertiary/aromatic N) is 4. The Morgan fingerprint density at radius 3 is 2.56 bits per heavy atom. The molecule has 2 amide bonds. The molecule has 0 radical (unpaired) electrons. The van der Waals surface area contributed by atoms with Gasteiger partial charge in [-0.1, -0.05) is 0 Å². The van der Waals surface area contributed by atoms with Crippen molar-refractivity contribution in [3.8, 4) is 0 Å². The summed E-state index contributed by atoms with van der Waals surface area (Å²) in [6.45, 7) is 1.01. The number of piperidine rings is 1. The van der Waals surface area contributed by atoms with Crippen molar-refractivity contribution in [1.82, 2.24) is 24.1 Å². The van der Waals surface area contributed by atoms with E-state index in [2.05, 4.69) is 9.71 Å². The average Bonchev–Trinajstić information content (AvgIpc) is 3.21. The maximum absolute atomic E-state index is 12.7. The number of carbonyl (C=O) groups excluding carboxylic acids is 2. The third-order valence-electron chi connectivity index (χ3n) is 5.27. The van der Waals surface area contributed by atoms with E-state index in [1.807, 2.05) is 0 Å². The van der Waals surface area contributed by atoms with Crippen molar-refractivity contribution in [2.75, 3.05) is 13.1 Å². The van der Waals surface area contributed by atoms with Crippen LogP contribution in [0, 0.1) is 0 Å². The van der Waals surface area contributed by atoms with Gasteiger partial charge in [0.1, 0.15) is 12.1 Å². The summed E-state index contributed by atoms with van der Waals surface area (Å²) in [5.74, 6) is -0.0445. The summed E-state index contributed by atoms with van der Waals surface area (Å²) < 4.78 is 29.1. The quantitative estimate of drug-likeness (QED) is 0.743. The Morgan fingerprint density at radius 1 is 1.12 bits per heavy atom. The van der Waals surface area contributed by atoms with Gasteiger partial charge >= 0.3 is 0 Å². The van der Waals surface area contributed by atoms with Gasteiger partial charge in [-0.2, -0.15) is 0 Å². The van der Waals surface area contributed by atoms with Crippen LogP contribution in [-0.2, 0) is 26.7 Å². The molecule has 9 nitrogen and oxygen atoms in total. The number of carbonyl (C=O) groups is 2. The largest absolute Gasteiger partial charge is 0.339 e. The second-order valence-electron chi connectivity index (χ2n) is 6.96. The molecule has 1 aromatic heterocycles. The van der Waals surface area contributed by atoms with Gasteiger partial charge in [-0.15, -0.1) is 0 Å². The Hall–Kier alpha value is -1.94. The van der Waals surface area contributed by atoms with Crippen LogP contribution in [0.3, 0.4) is 0 Å². The maximum atomic E-state index is 12.7. The van der Waals surface area contributed by atoms with Crippen molar-refractivity contribution in [2.45, 2.75) is 48.8 Å². The van der Waals surface area contributed by atoms with Crippen LogP contribution in [0.1, 0.15) is 25.7 Å². The summed E-state index contributed by atoms with van der Waals surface area (Å²) in [6, 6.07) is -1.26. The van der Waals surface area contributed by atoms with E-state index in [1.54, 1.807) is 21.4 Å². The first kappa shape index (κ1) is 16.5. The summed E-state index contributed by atoms with van der Waals surface area (Å²) in [5.41, 5.74) is 0. The van der Waals surface area contributed by atoms with Gasteiger partial charge in [0, 0.05) is 32.4 Å². The number of sulfonamides is 1. The minimum absolute atomic E-state index is 0.00753. The van der Waals surface area contributed by atoms with E-state index in [0.717, 1.165) is 12.8 Å². The zero-order chi connectivity index (χ0) is 17.8. The highest BCUT2D eigenvalue weighted by Crippen LogP contribution is 2.31. The lowest BCUT2D eigenvalue weighted by atomic mass is 9.93. The molecule has 3 atom stereocenters. The monoisotopic (exact) mass is 367 g/mol. The number of amides is 2. The number of piperazine rings is 1. The van der Waals surface area contributed by atoms with Crippen molar-refractivity contribution >= 4 is 21.8 Å². The lowest BCUT2D eigenvalue weighted by molar-refractivity contribution is -0.161. The highest BCUT2D eigenvalue weighted by Gasteiger charge is 2.50. The van der Waals surface area contributed by atoms with E-state index in [9.17, 15) is 18.0 Å². The molecule has 1 N–H and O–H groups in total. The fourth-order valence-corrected chi connectivity index (χ4v) is 5.31. The molecule has 0 aromatic carbocycles. The van der Waals surface area contributed by atoms with E-state index in [-0.39, 0.29) is 28.9 Å². The Labute approximate surface area is 146 Å². The first-order valence-electron chi connectivity index (χ1n) is 8.48. The van der Waals surface area contributed by atoms with Crippen molar-refractivity contribution in [2.24, 2.45) is 7.05 Å². The number of fused-ring (bicyclic) bond motifs is 2. The fourth-order valence-electron chi connectivity index (χ4n) is 4.05. The van der Waals surface area contributed by atoms with Crippen LogP contribution in [0.15, 0.2) is 17.6 Å². The van der Waals surface area contributed by atoms with Crippen LogP contribution in [0.2, 0.25) is 0 Å². The first-order chi connectivity index (χ1) is 11.9. The van der Waals surface area contributed by atoms with Gasteiger partial charge in [0.25, 0.3) is 10.0 Å². The van der Waals surface area contributed by atoms with E-state index < -0.39 is 16.1 Å². The minimum atomic E-state index is -3.74. The van der Waals surface area contributed by atoms with Crippen molar-refractivity contribution in [1.29, 1.82) is 0 Å². The first-order valence-corrected chi connectivity index (χ1v) is 9.96. The fraction of sp³-hybridized carbons (Fsp3) is 0.667. The normalized spacial score (nSPS) is 29.7. The molecule has 3 fully saturated rings. The van der Waals surface area contributed by atoms with Gasteiger partial charge in [0.2, 0.25) is 11.8 Å². The number of hydrogen-bond donors (Lipinski definition) is 1. The average molecular weight is 367 g/mol. The lowest BCUT2D eigenvalue weighted by Gasteiger charge is -2.46. The van der Waals surface area contributed by atoms with Crippen LogP contribution >= 0.6 is 0 Å². The molecular weight excluding hydrogens is 346 g/mol. The Balaban J connectivity index is 1.50. The topological polar surface area (TPSA) is 105 Å². The Morgan fingerprint density at radius 2 is 1.84 bits per heavy atom. The molecule has 25 heavy (non-hydrogen) atoms. The van der Waals surface area contributed by atoms with E-state index >= 15 is 0 Å². The van der Waals surface area contributed by atoms with Crippen LogP contribution < -0.4 is 4.72 Å². The molecule has 0 spiro atoms. The van der Waals surface area contributed by atoms with Crippen LogP contribution in [-0.4, -0.2) is 70.8 Å². The van der Waals surface area contributed by atoms with Crippen molar-refractivity contribution in [3.63, 3.8) is 0 Å². The molecule has 0 saturated carbocycles. The van der Waals surface area contributed by atoms with Crippen molar-refractivity contribution < 1.29 is 18.0 Å². The molecule has 3 saturated heterocycles. The SMILES string of the molecule is Cn1cnc(S(=O)(=O)N[C@@H]2CCN3C(=O)[C@H]4CCCN4C(=O)[C@@H]3C2)c1. The highest BCUT2D eigenvalue weighted by molar-refractivity contribution is 7.89. The van der Waals surface area contributed by atoms with Crippen LogP contribution in [0.4, 0.5) is 0 Å². The summed E-state index contributed by atoms with van der Waals surface area (Å²) >= 11 is 0. The second kappa shape index (κ2) is 5.80. The lowest BCUT2D eigenvalue weighted by Crippen LogP contribution is -2.66. The smallest absolute Gasteiger partial charge is 0.259 e.